The number of imidazole rings is 1. The summed E-state index contributed by atoms with van der Waals surface area (Å²) in [6.45, 7) is 9.12. The zero-order valence-electron chi connectivity index (χ0n) is 18.2. The van der Waals surface area contributed by atoms with Gasteiger partial charge in [0.2, 0.25) is 0 Å². The maximum Gasteiger partial charge on any atom is 0.361 e. The number of pyridine rings is 1. The normalized spacial score (nSPS) is 17.3. The SMILES string of the molecule is CC(C)(C)OC(=O)c1cn(Cc2cn3cc(C4CC4)cc(N4CCOCC4)c3n2)nn1. The number of ether oxygens (including phenoxy) is 2. The molecule has 164 valence electrons. The first-order valence-corrected chi connectivity index (χ1v) is 10.8. The molecule has 5 rings (SSSR count). The van der Waals surface area contributed by atoms with E-state index in [-0.39, 0.29) is 5.69 Å². The van der Waals surface area contributed by atoms with Gasteiger partial charge < -0.3 is 18.8 Å². The van der Waals surface area contributed by atoms with E-state index in [0.29, 0.717) is 12.5 Å². The van der Waals surface area contributed by atoms with Crippen LogP contribution in [0, 0.1) is 0 Å². The molecule has 31 heavy (non-hydrogen) atoms. The van der Waals surface area contributed by atoms with Crippen molar-refractivity contribution in [2.45, 2.75) is 51.7 Å². The van der Waals surface area contributed by atoms with Crippen molar-refractivity contribution in [2.24, 2.45) is 0 Å². The fourth-order valence-electron chi connectivity index (χ4n) is 3.87. The lowest BCUT2D eigenvalue weighted by atomic mass is 10.1. The molecule has 0 atom stereocenters. The summed E-state index contributed by atoms with van der Waals surface area (Å²) >= 11 is 0. The van der Waals surface area contributed by atoms with Gasteiger partial charge in [0.25, 0.3) is 0 Å². The van der Waals surface area contributed by atoms with E-state index in [1.54, 1.807) is 10.9 Å². The molecular formula is C22H28N6O3. The number of hydrogen-bond donors (Lipinski definition) is 0. The van der Waals surface area contributed by atoms with E-state index in [1.807, 2.05) is 27.0 Å². The van der Waals surface area contributed by atoms with Gasteiger partial charge in [-0.25, -0.2) is 14.5 Å². The predicted octanol–water partition coefficient (Wildman–Crippen LogP) is 2.64. The Morgan fingerprint density at radius 1 is 1.19 bits per heavy atom. The molecule has 3 aromatic heterocycles. The topological polar surface area (TPSA) is 86.8 Å². The molecule has 0 aromatic carbocycles. The van der Waals surface area contributed by atoms with Gasteiger partial charge in [-0.2, -0.15) is 0 Å². The Labute approximate surface area is 181 Å². The molecule has 0 bridgehead atoms. The minimum atomic E-state index is -0.572. The van der Waals surface area contributed by atoms with Crippen molar-refractivity contribution in [1.29, 1.82) is 0 Å². The van der Waals surface area contributed by atoms with Gasteiger partial charge in [0.1, 0.15) is 5.60 Å². The molecule has 2 aliphatic rings. The highest BCUT2D eigenvalue weighted by atomic mass is 16.6. The van der Waals surface area contributed by atoms with Crippen LogP contribution in [0.3, 0.4) is 0 Å². The second-order valence-corrected chi connectivity index (χ2v) is 9.30. The van der Waals surface area contributed by atoms with Gasteiger partial charge in [-0.05, 0) is 51.2 Å². The molecule has 0 radical (unpaired) electrons. The average Bonchev–Trinajstić information content (AvgIpc) is 3.33. The predicted molar refractivity (Wildman–Crippen MR) is 114 cm³/mol. The molecule has 0 N–H and O–H groups in total. The lowest BCUT2D eigenvalue weighted by molar-refractivity contribution is 0.00627. The molecule has 1 aliphatic heterocycles. The lowest BCUT2D eigenvalue weighted by Gasteiger charge is -2.29. The highest BCUT2D eigenvalue weighted by molar-refractivity contribution is 5.87. The van der Waals surface area contributed by atoms with Gasteiger partial charge in [0.05, 0.1) is 37.3 Å². The third-order valence-electron chi connectivity index (χ3n) is 5.47. The van der Waals surface area contributed by atoms with Gasteiger partial charge in [0.15, 0.2) is 11.3 Å². The van der Waals surface area contributed by atoms with Crippen molar-refractivity contribution in [3.63, 3.8) is 0 Å². The van der Waals surface area contributed by atoms with Crippen LogP contribution in [0.1, 0.15) is 61.3 Å². The number of nitrogens with zero attached hydrogens (tertiary/aromatic N) is 6. The van der Waals surface area contributed by atoms with E-state index in [2.05, 4.69) is 31.9 Å². The van der Waals surface area contributed by atoms with Crippen molar-refractivity contribution in [1.82, 2.24) is 24.4 Å². The Morgan fingerprint density at radius 2 is 1.97 bits per heavy atom. The Kier molecular flexibility index (Phi) is 4.92. The number of carbonyl (C=O) groups is 1. The van der Waals surface area contributed by atoms with Crippen LogP contribution in [-0.2, 0) is 16.0 Å². The molecule has 0 amide bonds. The summed E-state index contributed by atoms with van der Waals surface area (Å²) in [7, 11) is 0. The van der Waals surface area contributed by atoms with Crippen LogP contribution < -0.4 is 4.90 Å². The van der Waals surface area contributed by atoms with E-state index in [9.17, 15) is 4.79 Å². The van der Waals surface area contributed by atoms with E-state index in [1.165, 1.54) is 18.4 Å². The molecule has 2 fully saturated rings. The van der Waals surface area contributed by atoms with Crippen LogP contribution in [0.15, 0.2) is 24.7 Å². The number of rotatable bonds is 5. The number of esters is 1. The number of morpholine rings is 1. The van der Waals surface area contributed by atoms with Crippen LogP contribution in [-0.4, -0.2) is 62.3 Å². The first kappa shape index (κ1) is 20.0. The average molecular weight is 425 g/mol. The Morgan fingerprint density at radius 3 is 2.68 bits per heavy atom. The molecule has 1 saturated carbocycles. The van der Waals surface area contributed by atoms with Gasteiger partial charge in [-0.15, -0.1) is 5.10 Å². The summed E-state index contributed by atoms with van der Waals surface area (Å²) in [4.78, 5) is 19.5. The van der Waals surface area contributed by atoms with Crippen molar-refractivity contribution < 1.29 is 14.3 Å². The largest absolute Gasteiger partial charge is 0.455 e. The Bertz CT molecular complexity index is 1100. The fourth-order valence-corrected chi connectivity index (χ4v) is 3.87. The van der Waals surface area contributed by atoms with Gasteiger partial charge in [-0.1, -0.05) is 5.21 Å². The third-order valence-corrected chi connectivity index (χ3v) is 5.47. The fraction of sp³-hybridized carbons (Fsp3) is 0.545. The second-order valence-electron chi connectivity index (χ2n) is 9.30. The molecular weight excluding hydrogens is 396 g/mol. The van der Waals surface area contributed by atoms with Crippen LogP contribution in [0.5, 0.6) is 0 Å². The lowest BCUT2D eigenvalue weighted by Crippen LogP contribution is -2.36. The van der Waals surface area contributed by atoms with Gasteiger partial charge in [0, 0.05) is 25.5 Å². The minimum absolute atomic E-state index is 0.198. The van der Waals surface area contributed by atoms with E-state index in [0.717, 1.165) is 43.3 Å². The quantitative estimate of drug-likeness (QED) is 0.582. The van der Waals surface area contributed by atoms with Crippen molar-refractivity contribution in [3.8, 4) is 0 Å². The Hall–Kier alpha value is -2.94. The summed E-state index contributed by atoms with van der Waals surface area (Å²) in [5, 5.41) is 8.06. The molecule has 0 unspecified atom stereocenters. The van der Waals surface area contributed by atoms with Crippen LogP contribution in [0.2, 0.25) is 0 Å². The highest BCUT2D eigenvalue weighted by Gasteiger charge is 2.27. The van der Waals surface area contributed by atoms with Crippen LogP contribution in [0.25, 0.3) is 5.65 Å². The summed E-state index contributed by atoms with van der Waals surface area (Å²) in [5.74, 6) is 0.180. The van der Waals surface area contributed by atoms with Crippen molar-refractivity contribution in [2.75, 3.05) is 31.2 Å². The first-order valence-electron chi connectivity index (χ1n) is 10.8. The molecule has 9 nitrogen and oxygen atoms in total. The number of hydrogen-bond acceptors (Lipinski definition) is 7. The highest BCUT2D eigenvalue weighted by Crippen LogP contribution is 2.41. The molecule has 3 aromatic rings. The summed E-state index contributed by atoms with van der Waals surface area (Å²) < 4.78 is 14.7. The zero-order valence-corrected chi connectivity index (χ0v) is 18.2. The van der Waals surface area contributed by atoms with Crippen LogP contribution in [0.4, 0.5) is 5.69 Å². The van der Waals surface area contributed by atoms with E-state index < -0.39 is 11.6 Å². The van der Waals surface area contributed by atoms with Gasteiger partial charge in [-0.3, -0.25) is 0 Å². The monoisotopic (exact) mass is 424 g/mol. The minimum Gasteiger partial charge on any atom is -0.455 e. The number of anilines is 1. The Balaban J connectivity index is 1.41. The molecule has 4 heterocycles. The molecule has 1 aliphatic carbocycles. The maximum absolute atomic E-state index is 12.2. The maximum atomic E-state index is 12.2. The third kappa shape index (κ3) is 4.41. The van der Waals surface area contributed by atoms with Crippen LogP contribution >= 0.6 is 0 Å². The first-order chi connectivity index (χ1) is 14.9. The number of fused-ring (bicyclic) bond motifs is 1. The van der Waals surface area contributed by atoms with E-state index >= 15 is 0 Å². The number of aromatic nitrogens is 5. The summed E-state index contributed by atoms with van der Waals surface area (Å²) in [6, 6.07) is 2.30. The second kappa shape index (κ2) is 7.64. The summed E-state index contributed by atoms with van der Waals surface area (Å²) in [6.07, 6.45) is 8.35. The number of carbonyl (C=O) groups excluding carboxylic acids is 1. The molecule has 1 saturated heterocycles. The van der Waals surface area contributed by atoms with Gasteiger partial charge >= 0.3 is 5.97 Å². The van der Waals surface area contributed by atoms with E-state index in [4.69, 9.17) is 14.5 Å². The zero-order chi connectivity index (χ0) is 21.6. The smallest absolute Gasteiger partial charge is 0.361 e. The molecule has 9 heteroatoms. The van der Waals surface area contributed by atoms with Crippen molar-refractivity contribution >= 4 is 17.3 Å². The molecule has 0 spiro atoms. The van der Waals surface area contributed by atoms with Crippen molar-refractivity contribution in [3.05, 3.63) is 41.6 Å². The standard InChI is InChI=1S/C22H28N6O3/c1-22(2,3)31-21(29)18-14-28(25-24-18)13-17-12-27-11-16(15-4-5-15)10-19(20(27)23-17)26-6-8-30-9-7-26/h10-12,14-15H,4-9,13H2,1-3H3. The summed E-state index contributed by atoms with van der Waals surface area (Å²) in [5.41, 5.74) is 3.95.